The summed E-state index contributed by atoms with van der Waals surface area (Å²) < 4.78 is 19.4. The smallest absolute Gasteiger partial charge is 0.263 e. The van der Waals surface area contributed by atoms with Crippen LogP contribution in [0.3, 0.4) is 0 Å². The fraction of sp³-hybridized carbons (Fsp3) is 0.333. The molecule has 0 radical (unpaired) electrons. The van der Waals surface area contributed by atoms with E-state index in [-0.39, 0.29) is 11.7 Å². The predicted molar refractivity (Wildman–Crippen MR) is 130 cm³/mol. The van der Waals surface area contributed by atoms with Gasteiger partial charge in [-0.15, -0.1) is 22.7 Å². The summed E-state index contributed by atoms with van der Waals surface area (Å²) in [6.45, 7) is 4.43. The van der Waals surface area contributed by atoms with E-state index in [2.05, 4.69) is 4.90 Å². The first-order valence-electron chi connectivity index (χ1n) is 11.0. The first kappa shape index (κ1) is 20.9. The molecule has 5 heterocycles. The van der Waals surface area contributed by atoms with Crippen LogP contribution in [0.2, 0.25) is 0 Å². The maximum absolute atomic E-state index is 13.9. The van der Waals surface area contributed by atoms with Crippen molar-refractivity contribution in [1.29, 1.82) is 0 Å². The lowest BCUT2D eigenvalue weighted by molar-refractivity contribution is 0.0314. The van der Waals surface area contributed by atoms with Gasteiger partial charge in [-0.3, -0.25) is 14.3 Å². The molecule has 0 aliphatic carbocycles. The van der Waals surface area contributed by atoms with Crippen molar-refractivity contribution in [1.82, 2.24) is 14.5 Å². The molecule has 1 saturated heterocycles. The van der Waals surface area contributed by atoms with Gasteiger partial charge in [-0.05, 0) is 23.6 Å². The third kappa shape index (κ3) is 4.06. The van der Waals surface area contributed by atoms with Crippen molar-refractivity contribution in [2.24, 2.45) is 0 Å². The maximum atomic E-state index is 13.9. The quantitative estimate of drug-likeness (QED) is 0.431. The average Bonchev–Trinajstić information content (AvgIpc) is 3.52. The van der Waals surface area contributed by atoms with Crippen molar-refractivity contribution >= 4 is 32.9 Å². The summed E-state index contributed by atoms with van der Waals surface area (Å²) >= 11 is 3.17. The predicted octanol–water partition coefficient (Wildman–Crippen LogP) is 3.86. The third-order valence-electron chi connectivity index (χ3n) is 5.98. The van der Waals surface area contributed by atoms with Gasteiger partial charge in [0.1, 0.15) is 17.3 Å². The number of hydrogen-bond donors (Lipinski definition) is 0. The van der Waals surface area contributed by atoms with E-state index in [4.69, 9.17) is 19.2 Å². The second-order valence-electron chi connectivity index (χ2n) is 8.14. The van der Waals surface area contributed by atoms with Crippen molar-refractivity contribution in [2.75, 3.05) is 32.9 Å². The van der Waals surface area contributed by atoms with E-state index in [1.165, 1.54) is 11.3 Å². The van der Waals surface area contributed by atoms with E-state index in [9.17, 15) is 4.79 Å². The Balaban J connectivity index is 1.40. The van der Waals surface area contributed by atoms with Gasteiger partial charge < -0.3 is 14.2 Å². The minimum atomic E-state index is -0.274. The molecule has 1 fully saturated rings. The van der Waals surface area contributed by atoms with Crippen LogP contribution in [0.25, 0.3) is 20.7 Å². The molecule has 6 rings (SSSR count). The number of aromatic nitrogens is 2. The Morgan fingerprint density at radius 3 is 2.73 bits per heavy atom. The zero-order chi connectivity index (χ0) is 22.2. The van der Waals surface area contributed by atoms with Crippen molar-refractivity contribution in [2.45, 2.75) is 19.2 Å². The van der Waals surface area contributed by atoms with Crippen molar-refractivity contribution in [3.63, 3.8) is 0 Å². The SMILES string of the molecule is O=c1c2c(-c3cccs3)csc2nc(CN2CCOCC2)n1CC1COc2ccccc2O1. The summed E-state index contributed by atoms with van der Waals surface area (Å²) in [5.41, 5.74) is 0.940. The summed E-state index contributed by atoms with van der Waals surface area (Å²) in [7, 11) is 0. The van der Waals surface area contributed by atoms with Crippen LogP contribution in [0.5, 0.6) is 11.5 Å². The Morgan fingerprint density at radius 1 is 1.06 bits per heavy atom. The van der Waals surface area contributed by atoms with Crippen molar-refractivity contribution < 1.29 is 14.2 Å². The molecular formula is C24H23N3O4S2. The molecule has 3 aromatic heterocycles. The molecule has 2 aliphatic heterocycles. The van der Waals surface area contributed by atoms with E-state index < -0.39 is 0 Å². The topological polar surface area (TPSA) is 65.8 Å². The first-order valence-corrected chi connectivity index (χ1v) is 12.8. The first-order chi connectivity index (χ1) is 16.3. The number of para-hydroxylation sites is 2. The van der Waals surface area contributed by atoms with Gasteiger partial charge >= 0.3 is 0 Å². The monoisotopic (exact) mass is 481 g/mol. The number of benzene rings is 1. The Hall–Kier alpha value is -2.72. The van der Waals surface area contributed by atoms with Gasteiger partial charge in [0.05, 0.1) is 31.7 Å². The summed E-state index contributed by atoms with van der Waals surface area (Å²) in [4.78, 5) is 23.0. The normalized spacial score (nSPS) is 18.6. The molecule has 33 heavy (non-hydrogen) atoms. The number of hydrogen-bond acceptors (Lipinski definition) is 8. The molecule has 4 aromatic rings. The molecule has 1 aromatic carbocycles. The van der Waals surface area contributed by atoms with Crippen LogP contribution in [-0.2, 0) is 17.8 Å². The van der Waals surface area contributed by atoms with E-state index in [0.717, 1.165) is 39.9 Å². The summed E-state index contributed by atoms with van der Waals surface area (Å²) in [6.07, 6.45) is -0.274. The average molecular weight is 482 g/mol. The highest BCUT2D eigenvalue weighted by atomic mass is 32.1. The van der Waals surface area contributed by atoms with E-state index in [1.54, 1.807) is 15.9 Å². The highest BCUT2D eigenvalue weighted by Gasteiger charge is 2.26. The Morgan fingerprint density at radius 2 is 1.91 bits per heavy atom. The van der Waals surface area contributed by atoms with Gasteiger partial charge in [-0.25, -0.2) is 4.98 Å². The molecule has 2 aliphatic rings. The minimum Gasteiger partial charge on any atom is -0.486 e. The summed E-state index contributed by atoms with van der Waals surface area (Å²) in [6, 6.07) is 11.7. The van der Waals surface area contributed by atoms with Crippen LogP contribution >= 0.6 is 22.7 Å². The van der Waals surface area contributed by atoms with E-state index in [0.29, 0.717) is 44.0 Å². The minimum absolute atomic E-state index is 0.0182. The number of nitrogens with zero attached hydrogens (tertiary/aromatic N) is 3. The Bertz CT molecular complexity index is 1330. The molecule has 0 spiro atoms. The van der Waals surface area contributed by atoms with Crippen LogP contribution in [0.4, 0.5) is 0 Å². The van der Waals surface area contributed by atoms with Crippen LogP contribution in [0, 0.1) is 0 Å². The number of thiophene rings is 2. The van der Waals surface area contributed by atoms with Crippen LogP contribution in [-0.4, -0.2) is 53.5 Å². The van der Waals surface area contributed by atoms with Gasteiger partial charge in [-0.2, -0.15) is 0 Å². The molecular weight excluding hydrogens is 458 g/mol. The van der Waals surface area contributed by atoms with Gasteiger partial charge in [0.25, 0.3) is 5.56 Å². The molecule has 7 nitrogen and oxygen atoms in total. The molecule has 0 N–H and O–H groups in total. The number of rotatable bonds is 5. The summed E-state index contributed by atoms with van der Waals surface area (Å²) in [5, 5.41) is 4.76. The van der Waals surface area contributed by atoms with Gasteiger partial charge in [0, 0.05) is 28.9 Å². The molecule has 0 amide bonds. The van der Waals surface area contributed by atoms with Crippen LogP contribution in [0.15, 0.2) is 52.0 Å². The van der Waals surface area contributed by atoms with Gasteiger partial charge in [0.2, 0.25) is 0 Å². The van der Waals surface area contributed by atoms with Crippen molar-refractivity contribution in [3.8, 4) is 21.9 Å². The second-order valence-corrected chi connectivity index (χ2v) is 9.94. The Kier molecular flexibility index (Phi) is 5.63. The molecule has 170 valence electrons. The van der Waals surface area contributed by atoms with Crippen molar-refractivity contribution in [3.05, 3.63) is 63.3 Å². The Labute approximate surface area is 198 Å². The lowest BCUT2D eigenvalue weighted by Crippen LogP contribution is -2.41. The highest BCUT2D eigenvalue weighted by molar-refractivity contribution is 7.18. The molecule has 1 atom stereocenters. The molecule has 1 unspecified atom stereocenters. The zero-order valence-corrected chi connectivity index (χ0v) is 19.6. The lowest BCUT2D eigenvalue weighted by atomic mass is 10.2. The van der Waals surface area contributed by atoms with E-state index in [1.807, 2.05) is 47.2 Å². The second kappa shape index (κ2) is 8.90. The lowest BCUT2D eigenvalue weighted by Gasteiger charge is -2.29. The van der Waals surface area contributed by atoms with Gasteiger partial charge in [-0.1, -0.05) is 18.2 Å². The van der Waals surface area contributed by atoms with Crippen LogP contribution in [0.1, 0.15) is 5.82 Å². The maximum Gasteiger partial charge on any atom is 0.263 e. The number of ether oxygens (including phenoxy) is 3. The van der Waals surface area contributed by atoms with Crippen LogP contribution < -0.4 is 15.0 Å². The van der Waals surface area contributed by atoms with Gasteiger partial charge in [0.15, 0.2) is 17.6 Å². The largest absolute Gasteiger partial charge is 0.486 e. The number of fused-ring (bicyclic) bond motifs is 2. The fourth-order valence-electron chi connectivity index (χ4n) is 4.30. The summed E-state index contributed by atoms with van der Waals surface area (Å²) in [5.74, 6) is 2.21. The molecule has 0 bridgehead atoms. The highest BCUT2D eigenvalue weighted by Crippen LogP contribution is 2.34. The zero-order valence-electron chi connectivity index (χ0n) is 17.9. The standard InChI is InChI=1S/C24H23N3O4S2/c28-24-22-17(20-6-3-11-32-20)15-33-23(22)25-21(13-26-7-9-29-10-8-26)27(24)12-16-14-30-18-4-1-2-5-19(18)31-16/h1-6,11,15-16H,7-10,12-14H2. The number of morpholine rings is 1. The fourth-order valence-corrected chi connectivity index (χ4v) is 6.08. The third-order valence-corrected chi connectivity index (χ3v) is 7.76. The molecule has 0 saturated carbocycles. The van der Waals surface area contributed by atoms with E-state index >= 15 is 0 Å². The molecule has 9 heteroatoms.